The summed E-state index contributed by atoms with van der Waals surface area (Å²) in [7, 11) is -3.40. The molecule has 4 nitrogen and oxygen atoms in total. The number of rotatable bonds is 4. The Morgan fingerprint density at radius 1 is 1.30 bits per heavy atom. The molecule has 0 radical (unpaired) electrons. The minimum Gasteiger partial charge on any atom is -0.212 e. The van der Waals surface area contributed by atoms with Gasteiger partial charge in [-0.1, -0.05) is 25.3 Å². The zero-order valence-corrected chi connectivity index (χ0v) is 11.9. The van der Waals surface area contributed by atoms with Gasteiger partial charge in [-0.05, 0) is 25.0 Å². The lowest BCUT2D eigenvalue weighted by molar-refractivity contribution is 0.477. The van der Waals surface area contributed by atoms with Crippen LogP contribution in [0.25, 0.3) is 0 Å². The monoisotopic (exact) mass is 296 g/mol. The molecule has 0 saturated heterocycles. The Kier molecular flexibility index (Phi) is 4.73. The van der Waals surface area contributed by atoms with Crippen molar-refractivity contribution < 1.29 is 12.8 Å². The summed E-state index contributed by atoms with van der Waals surface area (Å²) < 4.78 is 40.4. The van der Waals surface area contributed by atoms with Crippen molar-refractivity contribution in [3.05, 3.63) is 35.1 Å². The summed E-state index contributed by atoms with van der Waals surface area (Å²) in [6.07, 6.45) is 4.28. The summed E-state index contributed by atoms with van der Waals surface area (Å²) in [5.41, 5.74) is 0.477. The number of hydrogen-bond acceptors (Lipinski definition) is 3. The van der Waals surface area contributed by atoms with Crippen LogP contribution in [-0.2, 0) is 16.6 Å². The normalized spacial score (nSPS) is 16.8. The highest BCUT2D eigenvalue weighted by Crippen LogP contribution is 2.23. The summed E-state index contributed by atoms with van der Waals surface area (Å²) in [6, 6.07) is 5.88. The van der Waals surface area contributed by atoms with Crippen LogP contribution in [0.4, 0.5) is 4.39 Å². The SMILES string of the molecule is N#Cc1ccc(CNS(=O)(=O)C2CCCCC2)c(F)c1. The highest BCUT2D eigenvalue weighted by atomic mass is 32.2. The van der Waals surface area contributed by atoms with Crippen LogP contribution < -0.4 is 4.72 Å². The number of hydrogen-bond donors (Lipinski definition) is 1. The van der Waals surface area contributed by atoms with Crippen LogP contribution in [0.1, 0.15) is 43.2 Å². The van der Waals surface area contributed by atoms with Crippen molar-refractivity contribution in [2.75, 3.05) is 0 Å². The lowest BCUT2D eigenvalue weighted by Gasteiger charge is -2.22. The Hall–Kier alpha value is -1.45. The highest BCUT2D eigenvalue weighted by molar-refractivity contribution is 7.90. The summed E-state index contributed by atoms with van der Waals surface area (Å²) in [5.74, 6) is -0.560. The van der Waals surface area contributed by atoms with Crippen molar-refractivity contribution >= 4 is 10.0 Å². The number of halogens is 1. The van der Waals surface area contributed by atoms with Gasteiger partial charge in [0.25, 0.3) is 0 Å². The molecule has 1 aromatic carbocycles. The maximum Gasteiger partial charge on any atom is 0.214 e. The van der Waals surface area contributed by atoms with E-state index in [2.05, 4.69) is 4.72 Å². The molecule has 0 spiro atoms. The van der Waals surface area contributed by atoms with E-state index in [-0.39, 0.29) is 22.9 Å². The van der Waals surface area contributed by atoms with Crippen LogP contribution in [0.5, 0.6) is 0 Å². The molecule has 1 fully saturated rings. The first-order valence-corrected chi connectivity index (χ1v) is 8.24. The topological polar surface area (TPSA) is 70.0 Å². The second kappa shape index (κ2) is 6.33. The van der Waals surface area contributed by atoms with Gasteiger partial charge in [0.2, 0.25) is 10.0 Å². The molecule has 0 unspecified atom stereocenters. The molecule has 1 aliphatic rings. The van der Waals surface area contributed by atoms with E-state index in [1.807, 2.05) is 6.07 Å². The molecule has 20 heavy (non-hydrogen) atoms. The van der Waals surface area contributed by atoms with Crippen LogP contribution in [-0.4, -0.2) is 13.7 Å². The fourth-order valence-corrected chi connectivity index (χ4v) is 3.98. The molecule has 0 aliphatic heterocycles. The molecule has 0 amide bonds. The van der Waals surface area contributed by atoms with Gasteiger partial charge in [-0.2, -0.15) is 5.26 Å². The molecule has 1 aliphatic carbocycles. The quantitative estimate of drug-likeness (QED) is 0.927. The van der Waals surface area contributed by atoms with Gasteiger partial charge in [0.15, 0.2) is 0 Å². The van der Waals surface area contributed by atoms with Crippen molar-refractivity contribution in [1.29, 1.82) is 5.26 Å². The smallest absolute Gasteiger partial charge is 0.212 e. The van der Waals surface area contributed by atoms with E-state index in [0.29, 0.717) is 12.8 Å². The molecular formula is C14H17FN2O2S. The Bertz CT molecular complexity index is 617. The predicted molar refractivity (Wildman–Crippen MR) is 73.7 cm³/mol. The van der Waals surface area contributed by atoms with Gasteiger partial charge in [0.1, 0.15) is 5.82 Å². The molecule has 1 saturated carbocycles. The van der Waals surface area contributed by atoms with Gasteiger partial charge in [-0.3, -0.25) is 0 Å². The fraction of sp³-hybridized carbons (Fsp3) is 0.500. The Balaban J connectivity index is 2.02. The molecule has 1 N–H and O–H groups in total. The van der Waals surface area contributed by atoms with Gasteiger partial charge >= 0.3 is 0 Å². The Morgan fingerprint density at radius 2 is 2.00 bits per heavy atom. The number of nitrogens with one attached hydrogen (secondary N) is 1. The molecular weight excluding hydrogens is 279 g/mol. The third kappa shape index (κ3) is 3.56. The van der Waals surface area contributed by atoms with Crippen molar-refractivity contribution in [3.8, 4) is 6.07 Å². The minimum absolute atomic E-state index is 0.0730. The molecule has 1 aromatic rings. The highest BCUT2D eigenvalue weighted by Gasteiger charge is 2.26. The second-order valence-electron chi connectivity index (χ2n) is 5.04. The van der Waals surface area contributed by atoms with Crippen molar-refractivity contribution in [2.24, 2.45) is 0 Å². The fourth-order valence-electron chi connectivity index (χ4n) is 2.43. The number of sulfonamides is 1. The van der Waals surface area contributed by atoms with Crippen LogP contribution in [0.2, 0.25) is 0 Å². The molecule has 108 valence electrons. The second-order valence-corrected chi connectivity index (χ2v) is 7.09. The van der Waals surface area contributed by atoms with Gasteiger partial charge in [0, 0.05) is 12.1 Å². The molecule has 0 heterocycles. The maximum atomic E-state index is 13.7. The molecule has 0 atom stereocenters. The van der Waals surface area contributed by atoms with Gasteiger partial charge in [-0.25, -0.2) is 17.5 Å². The zero-order valence-electron chi connectivity index (χ0n) is 11.1. The van der Waals surface area contributed by atoms with Crippen LogP contribution >= 0.6 is 0 Å². The first-order chi connectivity index (χ1) is 9.53. The van der Waals surface area contributed by atoms with E-state index in [0.717, 1.165) is 25.3 Å². The van der Waals surface area contributed by atoms with Gasteiger partial charge < -0.3 is 0 Å². The van der Waals surface area contributed by atoms with E-state index < -0.39 is 15.8 Å². The minimum atomic E-state index is -3.40. The van der Waals surface area contributed by atoms with Crippen LogP contribution in [0.15, 0.2) is 18.2 Å². The van der Waals surface area contributed by atoms with Gasteiger partial charge in [0.05, 0.1) is 16.9 Å². The maximum absolute atomic E-state index is 13.7. The number of nitriles is 1. The molecule has 2 rings (SSSR count). The molecule has 0 bridgehead atoms. The molecule has 0 aromatic heterocycles. The number of benzene rings is 1. The Labute approximate surface area is 118 Å². The van der Waals surface area contributed by atoms with Crippen molar-refractivity contribution in [2.45, 2.75) is 43.9 Å². The summed E-state index contributed by atoms with van der Waals surface area (Å²) in [4.78, 5) is 0. The van der Waals surface area contributed by atoms with Crippen LogP contribution in [0, 0.1) is 17.1 Å². The van der Waals surface area contributed by atoms with Crippen LogP contribution in [0.3, 0.4) is 0 Å². The number of nitrogens with zero attached hydrogens (tertiary/aromatic N) is 1. The summed E-state index contributed by atoms with van der Waals surface area (Å²) >= 11 is 0. The van der Waals surface area contributed by atoms with Gasteiger partial charge in [-0.15, -0.1) is 0 Å². The molecule has 6 heteroatoms. The lowest BCUT2D eigenvalue weighted by atomic mass is 10.0. The third-order valence-electron chi connectivity index (χ3n) is 3.64. The summed E-state index contributed by atoms with van der Waals surface area (Å²) in [6.45, 7) is -0.0730. The first kappa shape index (κ1) is 14.9. The standard InChI is InChI=1S/C14H17FN2O2S/c15-14-8-11(9-16)6-7-12(14)10-17-20(18,19)13-4-2-1-3-5-13/h6-8,13,17H,1-5,10H2. The first-order valence-electron chi connectivity index (χ1n) is 6.70. The lowest BCUT2D eigenvalue weighted by Crippen LogP contribution is -2.35. The van der Waals surface area contributed by atoms with E-state index in [1.165, 1.54) is 12.1 Å². The average Bonchev–Trinajstić information content (AvgIpc) is 2.47. The van der Waals surface area contributed by atoms with Crippen molar-refractivity contribution in [1.82, 2.24) is 4.72 Å². The Morgan fingerprint density at radius 3 is 2.60 bits per heavy atom. The predicted octanol–water partition coefficient (Wildman–Crippen LogP) is 2.45. The third-order valence-corrected chi connectivity index (χ3v) is 5.53. The largest absolute Gasteiger partial charge is 0.214 e. The average molecular weight is 296 g/mol. The van der Waals surface area contributed by atoms with Crippen molar-refractivity contribution in [3.63, 3.8) is 0 Å². The zero-order chi connectivity index (χ0) is 14.6. The van der Waals surface area contributed by atoms with E-state index >= 15 is 0 Å². The van der Waals surface area contributed by atoms with E-state index in [1.54, 1.807) is 0 Å². The van der Waals surface area contributed by atoms with E-state index in [4.69, 9.17) is 5.26 Å². The summed E-state index contributed by atoms with van der Waals surface area (Å²) in [5, 5.41) is 8.29. The van der Waals surface area contributed by atoms with E-state index in [9.17, 15) is 12.8 Å².